The molecule has 0 spiro atoms. The van der Waals surface area contributed by atoms with Gasteiger partial charge in [0.25, 0.3) is 0 Å². The number of aliphatic hydroxyl groups excluding tert-OH is 1. The Balaban J connectivity index is 2.33. The van der Waals surface area contributed by atoms with Crippen molar-refractivity contribution in [1.29, 1.82) is 0 Å². The minimum absolute atomic E-state index is 0.166. The van der Waals surface area contributed by atoms with Crippen molar-refractivity contribution in [1.82, 2.24) is 0 Å². The van der Waals surface area contributed by atoms with E-state index in [2.05, 4.69) is 5.92 Å². The molecule has 56 valence electrons. The Morgan fingerprint density at radius 3 is 3.00 bits per heavy atom. The SMILES string of the molecule is C#C[C@H](O)C1CCCOC1. The summed E-state index contributed by atoms with van der Waals surface area (Å²) < 4.78 is 5.15. The zero-order valence-corrected chi connectivity index (χ0v) is 5.92. The summed E-state index contributed by atoms with van der Waals surface area (Å²) in [5.74, 6) is 2.48. The van der Waals surface area contributed by atoms with Crippen molar-refractivity contribution in [2.75, 3.05) is 13.2 Å². The first kappa shape index (κ1) is 7.59. The molecule has 0 radical (unpaired) electrons. The molecule has 2 heteroatoms. The van der Waals surface area contributed by atoms with Crippen LogP contribution in [0.15, 0.2) is 0 Å². The minimum atomic E-state index is -0.611. The third-order valence-corrected chi connectivity index (χ3v) is 1.81. The second kappa shape index (κ2) is 3.60. The highest BCUT2D eigenvalue weighted by molar-refractivity contribution is 4.97. The van der Waals surface area contributed by atoms with E-state index in [0.29, 0.717) is 6.61 Å². The highest BCUT2D eigenvalue weighted by Gasteiger charge is 2.19. The van der Waals surface area contributed by atoms with E-state index in [1.807, 2.05) is 0 Å². The number of terminal acetylenes is 1. The Labute approximate surface area is 61.2 Å². The topological polar surface area (TPSA) is 29.5 Å². The molecule has 1 rings (SSSR count). The Morgan fingerprint density at radius 2 is 2.50 bits per heavy atom. The third-order valence-electron chi connectivity index (χ3n) is 1.81. The van der Waals surface area contributed by atoms with Crippen molar-refractivity contribution in [3.8, 4) is 12.3 Å². The summed E-state index contributed by atoms with van der Waals surface area (Å²) in [5.41, 5.74) is 0. The van der Waals surface area contributed by atoms with Crippen LogP contribution in [0.25, 0.3) is 0 Å². The fraction of sp³-hybridized carbons (Fsp3) is 0.750. The fourth-order valence-electron chi connectivity index (χ4n) is 1.15. The summed E-state index contributed by atoms with van der Waals surface area (Å²) in [5, 5.41) is 9.17. The van der Waals surface area contributed by atoms with Crippen LogP contribution in [-0.2, 0) is 4.74 Å². The van der Waals surface area contributed by atoms with Gasteiger partial charge in [0.15, 0.2) is 0 Å². The van der Waals surface area contributed by atoms with E-state index < -0.39 is 6.10 Å². The number of ether oxygens (including phenoxy) is 1. The molecular formula is C8H12O2. The van der Waals surface area contributed by atoms with Crippen molar-refractivity contribution in [2.24, 2.45) is 5.92 Å². The average Bonchev–Trinajstić information content (AvgIpc) is 2.05. The van der Waals surface area contributed by atoms with Gasteiger partial charge >= 0.3 is 0 Å². The summed E-state index contributed by atoms with van der Waals surface area (Å²) >= 11 is 0. The van der Waals surface area contributed by atoms with Gasteiger partial charge in [-0.05, 0) is 12.8 Å². The first-order chi connectivity index (χ1) is 4.84. The number of hydrogen-bond donors (Lipinski definition) is 1. The second-order valence-electron chi connectivity index (χ2n) is 2.59. The molecule has 1 unspecified atom stereocenters. The van der Waals surface area contributed by atoms with E-state index in [1.54, 1.807) is 0 Å². The molecule has 10 heavy (non-hydrogen) atoms. The molecule has 0 amide bonds. The van der Waals surface area contributed by atoms with Crippen LogP contribution in [0.5, 0.6) is 0 Å². The Morgan fingerprint density at radius 1 is 1.70 bits per heavy atom. The van der Waals surface area contributed by atoms with Gasteiger partial charge in [-0.3, -0.25) is 0 Å². The average molecular weight is 140 g/mol. The summed E-state index contributed by atoms with van der Waals surface area (Å²) in [6.07, 6.45) is 6.45. The number of hydrogen-bond acceptors (Lipinski definition) is 2. The molecule has 1 N–H and O–H groups in total. The van der Waals surface area contributed by atoms with Crippen molar-refractivity contribution < 1.29 is 9.84 Å². The summed E-state index contributed by atoms with van der Waals surface area (Å²) in [6, 6.07) is 0. The van der Waals surface area contributed by atoms with Crippen LogP contribution < -0.4 is 0 Å². The quantitative estimate of drug-likeness (QED) is 0.534. The zero-order chi connectivity index (χ0) is 7.40. The predicted octanol–water partition coefficient (Wildman–Crippen LogP) is 0.407. The van der Waals surface area contributed by atoms with Crippen LogP contribution in [0.4, 0.5) is 0 Å². The van der Waals surface area contributed by atoms with E-state index in [4.69, 9.17) is 16.3 Å². The maximum Gasteiger partial charge on any atom is 0.119 e. The minimum Gasteiger partial charge on any atom is -0.381 e. The fourth-order valence-corrected chi connectivity index (χ4v) is 1.15. The van der Waals surface area contributed by atoms with Gasteiger partial charge < -0.3 is 9.84 Å². The standard InChI is InChI=1S/C8H12O2/c1-2-8(9)7-4-3-5-10-6-7/h1,7-9H,3-6H2/t7?,8-/m0/s1. The van der Waals surface area contributed by atoms with Gasteiger partial charge in [0, 0.05) is 12.5 Å². The monoisotopic (exact) mass is 140 g/mol. The van der Waals surface area contributed by atoms with Crippen LogP contribution >= 0.6 is 0 Å². The third kappa shape index (κ3) is 1.73. The van der Waals surface area contributed by atoms with E-state index >= 15 is 0 Å². The van der Waals surface area contributed by atoms with Crippen molar-refractivity contribution in [3.05, 3.63) is 0 Å². The van der Waals surface area contributed by atoms with Crippen LogP contribution in [0.1, 0.15) is 12.8 Å². The largest absolute Gasteiger partial charge is 0.381 e. The van der Waals surface area contributed by atoms with E-state index in [-0.39, 0.29) is 5.92 Å². The van der Waals surface area contributed by atoms with Crippen LogP contribution in [0.3, 0.4) is 0 Å². The van der Waals surface area contributed by atoms with Gasteiger partial charge in [-0.1, -0.05) is 5.92 Å². The summed E-state index contributed by atoms with van der Waals surface area (Å²) in [7, 11) is 0. The summed E-state index contributed by atoms with van der Waals surface area (Å²) in [4.78, 5) is 0. The predicted molar refractivity (Wildman–Crippen MR) is 38.4 cm³/mol. The highest BCUT2D eigenvalue weighted by atomic mass is 16.5. The number of rotatable bonds is 1. The van der Waals surface area contributed by atoms with Crippen LogP contribution in [0.2, 0.25) is 0 Å². The van der Waals surface area contributed by atoms with Crippen LogP contribution in [-0.4, -0.2) is 24.4 Å². The Hall–Kier alpha value is -0.520. The van der Waals surface area contributed by atoms with Gasteiger partial charge in [-0.15, -0.1) is 6.42 Å². The first-order valence-electron chi connectivity index (χ1n) is 3.56. The maximum absolute atomic E-state index is 9.17. The lowest BCUT2D eigenvalue weighted by molar-refractivity contribution is 0.0110. The molecule has 0 aromatic heterocycles. The lowest BCUT2D eigenvalue weighted by Crippen LogP contribution is -2.27. The molecule has 0 bridgehead atoms. The zero-order valence-electron chi connectivity index (χ0n) is 5.92. The van der Waals surface area contributed by atoms with Gasteiger partial charge in [0.1, 0.15) is 6.10 Å². The van der Waals surface area contributed by atoms with Gasteiger partial charge in [-0.25, -0.2) is 0 Å². The lowest BCUT2D eigenvalue weighted by Gasteiger charge is -2.23. The molecule has 0 aliphatic carbocycles. The molecule has 1 aliphatic rings. The van der Waals surface area contributed by atoms with Crippen molar-refractivity contribution >= 4 is 0 Å². The molecule has 0 aromatic carbocycles. The highest BCUT2D eigenvalue weighted by Crippen LogP contribution is 2.16. The molecule has 2 nitrogen and oxygen atoms in total. The number of aliphatic hydroxyl groups is 1. The summed E-state index contributed by atoms with van der Waals surface area (Å²) in [6.45, 7) is 1.43. The van der Waals surface area contributed by atoms with Crippen molar-refractivity contribution in [3.63, 3.8) is 0 Å². The molecule has 1 saturated heterocycles. The smallest absolute Gasteiger partial charge is 0.119 e. The molecule has 0 aromatic rings. The molecule has 1 heterocycles. The van der Waals surface area contributed by atoms with Gasteiger partial charge in [-0.2, -0.15) is 0 Å². The second-order valence-corrected chi connectivity index (χ2v) is 2.59. The van der Waals surface area contributed by atoms with Crippen LogP contribution in [0, 0.1) is 18.3 Å². The molecule has 1 fully saturated rings. The maximum atomic E-state index is 9.17. The van der Waals surface area contributed by atoms with E-state index in [1.165, 1.54) is 0 Å². The van der Waals surface area contributed by atoms with E-state index in [0.717, 1.165) is 19.4 Å². The molecular weight excluding hydrogens is 128 g/mol. The molecule has 0 saturated carbocycles. The molecule has 1 aliphatic heterocycles. The first-order valence-corrected chi connectivity index (χ1v) is 3.56. The van der Waals surface area contributed by atoms with Crippen molar-refractivity contribution in [2.45, 2.75) is 18.9 Å². The van der Waals surface area contributed by atoms with Gasteiger partial charge in [0.05, 0.1) is 6.61 Å². The normalized spacial score (nSPS) is 29.0. The molecule has 2 atom stereocenters. The van der Waals surface area contributed by atoms with E-state index in [9.17, 15) is 0 Å². The Kier molecular flexibility index (Phi) is 2.73. The Bertz CT molecular complexity index is 131. The lowest BCUT2D eigenvalue weighted by atomic mass is 9.97. The van der Waals surface area contributed by atoms with Gasteiger partial charge in [0.2, 0.25) is 0 Å².